The molecule has 0 saturated carbocycles. The molecule has 0 aliphatic carbocycles. The van der Waals surface area contributed by atoms with Gasteiger partial charge < -0.3 is 19.1 Å². The molecule has 0 radical (unpaired) electrons. The summed E-state index contributed by atoms with van der Waals surface area (Å²) in [5.41, 5.74) is 5.24. The van der Waals surface area contributed by atoms with Crippen LogP contribution in [-0.4, -0.2) is 22.9 Å². The maximum atomic E-state index is 9.10. The molecule has 0 aliphatic rings. The SMILES string of the molecule is Cc1cc(C(C)(c2ccc(OCCO)cc2)n2ccc3ccccc32)ccc1OCc1ccccc1. The predicted molar refractivity (Wildman–Crippen MR) is 145 cm³/mol. The minimum Gasteiger partial charge on any atom is -0.491 e. The Morgan fingerprint density at radius 3 is 2.25 bits per heavy atom. The van der Waals surface area contributed by atoms with E-state index in [1.807, 2.05) is 30.3 Å². The highest BCUT2D eigenvalue weighted by atomic mass is 16.5. The Hall–Kier alpha value is -4.02. The van der Waals surface area contributed by atoms with E-state index in [4.69, 9.17) is 14.6 Å². The van der Waals surface area contributed by atoms with E-state index in [2.05, 4.69) is 97.4 Å². The summed E-state index contributed by atoms with van der Waals surface area (Å²) in [5.74, 6) is 1.63. The van der Waals surface area contributed by atoms with Gasteiger partial charge in [0.25, 0.3) is 0 Å². The summed E-state index contributed by atoms with van der Waals surface area (Å²) in [6.45, 7) is 5.16. The molecule has 5 aromatic rings. The van der Waals surface area contributed by atoms with E-state index in [9.17, 15) is 0 Å². The fourth-order valence-electron chi connectivity index (χ4n) is 4.81. The van der Waals surface area contributed by atoms with Gasteiger partial charge in [-0.1, -0.05) is 66.7 Å². The zero-order valence-electron chi connectivity index (χ0n) is 20.7. The van der Waals surface area contributed by atoms with Crippen molar-refractivity contribution in [1.29, 1.82) is 0 Å². The quantitative estimate of drug-likeness (QED) is 0.257. The van der Waals surface area contributed by atoms with Crippen molar-refractivity contribution in [1.82, 2.24) is 4.57 Å². The second kappa shape index (κ2) is 10.3. The molecule has 0 spiro atoms. The van der Waals surface area contributed by atoms with Gasteiger partial charge in [0.05, 0.1) is 12.1 Å². The van der Waals surface area contributed by atoms with E-state index >= 15 is 0 Å². The number of nitrogens with zero attached hydrogens (tertiary/aromatic N) is 1. The number of para-hydroxylation sites is 1. The third-order valence-electron chi connectivity index (χ3n) is 6.83. The van der Waals surface area contributed by atoms with Crippen molar-refractivity contribution >= 4 is 10.9 Å². The van der Waals surface area contributed by atoms with E-state index in [0.717, 1.165) is 33.8 Å². The highest BCUT2D eigenvalue weighted by Gasteiger charge is 2.32. The zero-order chi connectivity index (χ0) is 25.0. The normalized spacial score (nSPS) is 12.9. The number of aromatic nitrogens is 1. The van der Waals surface area contributed by atoms with Crippen LogP contribution in [-0.2, 0) is 12.1 Å². The molecule has 4 heteroatoms. The molecule has 0 amide bonds. The lowest BCUT2D eigenvalue weighted by molar-refractivity contribution is 0.201. The molecule has 1 N–H and O–H groups in total. The second-order valence-corrected chi connectivity index (χ2v) is 9.17. The van der Waals surface area contributed by atoms with E-state index < -0.39 is 5.54 Å². The third-order valence-corrected chi connectivity index (χ3v) is 6.83. The molecule has 182 valence electrons. The van der Waals surface area contributed by atoms with Crippen LogP contribution in [0.2, 0.25) is 0 Å². The molecule has 1 aromatic heterocycles. The largest absolute Gasteiger partial charge is 0.491 e. The molecule has 0 fully saturated rings. The van der Waals surface area contributed by atoms with Crippen LogP contribution in [0.1, 0.15) is 29.2 Å². The first-order valence-electron chi connectivity index (χ1n) is 12.3. The van der Waals surface area contributed by atoms with Gasteiger partial charge in [-0.25, -0.2) is 0 Å². The van der Waals surface area contributed by atoms with E-state index in [0.29, 0.717) is 6.61 Å². The van der Waals surface area contributed by atoms with Crippen LogP contribution in [0.25, 0.3) is 10.9 Å². The number of hydrogen-bond acceptors (Lipinski definition) is 3. The number of aryl methyl sites for hydroxylation is 1. The number of ether oxygens (including phenoxy) is 2. The highest BCUT2D eigenvalue weighted by molar-refractivity contribution is 5.81. The maximum absolute atomic E-state index is 9.10. The fourth-order valence-corrected chi connectivity index (χ4v) is 4.81. The number of rotatable bonds is 9. The maximum Gasteiger partial charge on any atom is 0.122 e. The van der Waals surface area contributed by atoms with Crippen LogP contribution in [0.4, 0.5) is 0 Å². The smallest absolute Gasteiger partial charge is 0.122 e. The molecule has 36 heavy (non-hydrogen) atoms. The van der Waals surface area contributed by atoms with Crippen LogP contribution in [0.3, 0.4) is 0 Å². The van der Waals surface area contributed by atoms with Crippen molar-refractivity contribution in [2.24, 2.45) is 0 Å². The summed E-state index contributed by atoms with van der Waals surface area (Å²) in [6.07, 6.45) is 2.16. The lowest BCUT2D eigenvalue weighted by Gasteiger charge is -2.34. The van der Waals surface area contributed by atoms with Gasteiger partial charge in [0.15, 0.2) is 0 Å². The van der Waals surface area contributed by atoms with Crippen LogP contribution in [0.5, 0.6) is 11.5 Å². The molecule has 4 aromatic carbocycles. The first-order valence-corrected chi connectivity index (χ1v) is 12.3. The van der Waals surface area contributed by atoms with Crippen molar-refractivity contribution in [3.63, 3.8) is 0 Å². The Morgan fingerprint density at radius 1 is 0.778 bits per heavy atom. The van der Waals surface area contributed by atoms with Crippen molar-refractivity contribution in [2.45, 2.75) is 26.0 Å². The van der Waals surface area contributed by atoms with Crippen LogP contribution in [0.15, 0.2) is 109 Å². The lowest BCUT2D eigenvalue weighted by atomic mass is 9.83. The average Bonchev–Trinajstić information content (AvgIpc) is 3.36. The lowest BCUT2D eigenvalue weighted by Crippen LogP contribution is -2.32. The highest BCUT2D eigenvalue weighted by Crippen LogP contribution is 2.39. The van der Waals surface area contributed by atoms with E-state index in [1.165, 1.54) is 10.9 Å². The zero-order valence-corrected chi connectivity index (χ0v) is 20.7. The van der Waals surface area contributed by atoms with Gasteiger partial charge in [0.1, 0.15) is 24.7 Å². The molecule has 4 nitrogen and oxygen atoms in total. The topological polar surface area (TPSA) is 43.6 Å². The molecule has 0 aliphatic heterocycles. The summed E-state index contributed by atoms with van der Waals surface area (Å²) in [5, 5.41) is 10.3. The van der Waals surface area contributed by atoms with Crippen molar-refractivity contribution in [3.8, 4) is 11.5 Å². The molecule has 0 bridgehead atoms. The number of hydrogen-bond donors (Lipinski definition) is 1. The van der Waals surface area contributed by atoms with Crippen molar-refractivity contribution in [3.05, 3.63) is 132 Å². The Morgan fingerprint density at radius 2 is 1.50 bits per heavy atom. The van der Waals surface area contributed by atoms with Crippen LogP contribution < -0.4 is 9.47 Å². The van der Waals surface area contributed by atoms with Gasteiger partial charge in [-0.15, -0.1) is 0 Å². The molecular weight excluding hydrogens is 446 g/mol. The summed E-state index contributed by atoms with van der Waals surface area (Å²) in [4.78, 5) is 0. The first kappa shape index (κ1) is 23.7. The molecular formula is C32H31NO3. The number of aliphatic hydroxyl groups is 1. The van der Waals surface area contributed by atoms with Crippen molar-refractivity contribution in [2.75, 3.05) is 13.2 Å². The fraction of sp³-hybridized carbons (Fsp3) is 0.188. The Bertz CT molecular complexity index is 1440. The Balaban J connectivity index is 1.55. The van der Waals surface area contributed by atoms with Crippen molar-refractivity contribution < 1.29 is 14.6 Å². The monoisotopic (exact) mass is 477 g/mol. The van der Waals surface area contributed by atoms with E-state index in [-0.39, 0.29) is 13.2 Å². The molecule has 5 rings (SSSR count). The second-order valence-electron chi connectivity index (χ2n) is 9.17. The third kappa shape index (κ3) is 4.60. The molecule has 1 unspecified atom stereocenters. The molecule has 1 heterocycles. The van der Waals surface area contributed by atoms with Gasteiger partial charge in [-0.05, 0) is 77.9 Å². The standard InChI is InChI=1S/C32H31NO3/c1-24-22-28(14-17-31(24)36-23-25-8-4-3-5-9-25)32(2,27-12-15-29(16-13-27)35-21-20-34)33-19-18-26-10-6-7-11-30(26)33/h3-19,22,34H,20-21,23H2,1-2H3. The molecule has 0 saturated heterocycles. The van der Waals surface area contributed by atoms with E-state index in [1.54, 1.807) is 0 Å². The summed E-state index contributed by atoms with van der Waals surface area (Å²) < 4.78 is 14.1. The van der Waals surface area contributed by atoms with Gasteiger partial charge >= 0.3 is 0 Å². The average molecular weight is 478 g/mol. The number of fused-ring (bicyclic) bond motifs is 1. The summed E-state index contributed by atoms with van der Waals surface area (Å²) >= 11 is 0. The minimum atomic E-state index is -0.471. The molecule has 1 atom stereocenters. The van der Waals surface area contributed by atoms with Gasteiger partial charge in [-0.3, -0.25) is 0 Å². The predicted octanol–water partition coefficient (Wildman–Crippen LogP) is 6.71. The summed E-state index contributed by atoms with van der Waals surface area (Å²) in [7, 11) is 0. The van der Waals surface area contributed by atoms with Crippen LogP contribution in [0, 0.1) is 6.92 Å². The van der Waals surface area contributed by atoms with Gasteiger partial charge in [0, 0.05) is 11.7 Å². The number of aliphatic hydroxyl groups excluding tert-OH is 1. The Labute approximate surface area is 212 Å². The minimum absolute atomic E-state index is 0.00715. The summed E-state index contributed by atoms with van der Waals surface area (Å²) in [6, 6.07) is 35.5. The Kier molecular flexibility index (Phi) is 6.79. The van der Waals surface area contributed by atoms with Crippen LogP contribution >= 0.6 is 0 Å². The first-order chi connectivity index (χ1) is 17.6. The number of benzene rings is 4. The van der Waals surface area contributed by atoms with Gasteiger partial charge in [-0.2, -0.15) is 0 Å². The van der Waals surface area contributed by atoms with Gasteiger partial charge in [0.2, 0.25) is 0 Å².